The minimum Gasteiger partial charge on any atom is -0.460 e. The molecule has 0 aliphatic carbocycles. The summed E-state index contributed by atoms with van der Waals surface area (Å²) in [5.41, 5.74) is 5.72. The van der Waals surface area contributed by atoms with E-state index in [1.165, 1.54) is 0 Å². The quantitative estimate of drug-likeness (QED) is 0.823. The molecule has 0 bridgehead atoms. The third-order valence-electron chi connectivity index (χ3n) is 2.41. The van der Waals surface area contributed by atoms with Gasteiger partial charge in [0.2, 0.25) is 0 Å². The Morgan fingerprint density at radius 2 is 2.24 bits per heavy atom. The van der Waals surface area contributed by atoms with Gasteiger partial charge >= 0.3 is 5.97 Å². The Labute approximate surface area is 107 Å². The highest BCUT2D eigenvalue weighted by Gasteiger charge is 2.24. The van der Waals surface area contributed by atoms with Crippen LogP contribution < -0.4 is 5.73 Å². The highest BCUT2D eigenvalue weighted by Crippen LogP contribution is 2.25. The van der Waals surface area contributed by atoms with E-state index in [0.29, 0.717) is 13.2 Å². The van der Waals surface area contributed by atoms with Gasteiger partial charge in [0, 0.05) is 11.4 Å². The Balaban J connectivity index is 2.44. The Hall–Kier alpha value is -0.870. The SMILES string of the molecule is CC(C)(C)CC(CN)C(=O)OCc1cccs1. The van der Waals surface area contributed by atoms with E-state index in [9.17, 15) is 4.79 Å². The minimum absolute atomic E-state index is 0.0893. The van der Waals surface area contributed by atoms with Gasteiger partial charge in [-0.25, -0.2) is 0 Å². The van der Waals surface area contributed by atoms with Gasteiger partial charge in [0.15, 0.2) is 0 Å². The number of rotatable bonds is 5. The molecule has 1 rings (SSSR count). The molecule has 17 heavy (non-hydrogen) atoms. The molecule has 1 heterocycles. The molecule has 1 aromatic heterocycles. The van der Waals surface area contributed by atoms with E-state index in [1.54, 1.807) is 11.3 Å². The van der Waals surface area contributed by atoms with E-state index in [2.05, 4.69) is 20.8 Å². The Kier molecular flexibility index (Phi) is 5.15. The van der Waals surface area contributed by atoms with E-state index in [4.69, 9.17) is 10.5 Å². The number of ether oxygens (including phenoxy) is 1. The highest BCUT2D eigenvalue weighted by atomic mass is 32.1. The summed E-state index contributed by atoms with van der Waals surface area (Å²) in [6.07, 6.45) is 0.757. The van der Waals surface area contributed by atoms with Crippen LogP contribution in [0.2, 0.25) is 0 Å². The second kappa shape index (κ2) is 6.17. The van der Waals surface area contributed by atoms with Crippen molar-refractivity contribution < 1.29 is 9.53 Å². The van der Waals surface area contributed by atoms with Crippen LogP contribution in [0.5, 0.6) is 0 Å². The molecule has 4 heteroatoms. The summed E-state index contributed by atoms with van der Waals surface area (Å²) in [5, 5.41) is 1.97. The molecule has 0 saturated heterocycles. The van der Waals surface area contributed by atoms with Crippen molar-refractivity contribution in [2.45, 2.75) is 33.8 Å². The van der Waals surface area contributed by atoms with Gasteiger partial charge in [0.25, 0.3) is 0 Å². The first kappa shape index (κ1) is 14.2. The molecule has 1 unspecified atom stereocenters. The molecule has 0 aromatic carbocycles. The van der Waals surface area contributed by atoms with Gasteiger partial charge < -0.3 is 10.5 Å². The molecule has 0 aliphatic heterocycles. The van der Waals surface area contributed by atoms with Crippen molar-refractivity contribution >= 4 is 17.3 Å². The first-order valence-corrected chi connectivity index (χ1v) is 6.69. The van der Waals surface area contributed by atoms with Crippen LogP contribution in [0, 0.1) is 11.3 Å². The molecular weight excluding hydrogens is 234 g/mol. The van der Waals surface area contributed by atoms with Crippen LogP contribution in [0.25, 0.3) is 0 Å². The van der Waals surface area contributed by atoms with Crippen LogP contribution in [-0.2, 0) is 16.1 Å². The maximum Gasteiger partial charge on any atom is 0.310 e. The van der Waals surface area contributed by atoms with Gasteiger partial charge in [-0.3, -0.25) is 4.79 Å². The summed E-state index contributed by atoms with van der Waals surface area (Å²) < 4.78 is 5.28. The van der Waals surface area contributed by atoms with Gasteiger partial charge in [0.05, 0.1) is 5.92 Å². The second-order valence-corrected chi connectivity index (χ2v) is 6.42. The molecule has 0 fully saturated rings. The smallest absolute Gasteiger partial charge is 0.310 e. The van der Waals surface area contributed by atoms with Crippen molar-refractivity contribution in [2.24, 2.45) is 17.1 Å². The van der Waals surface area contributed by atoms with Gasteiger partial charge in [-0.15, -0.1) is 11.3 Å². The Bertz CT molecular complexity index is 341. The molecule has 0 aliphatic rings. The molecule has 2 N–H and O–H groups in total. The lowest BCUT2D eigenvalue weighted by Crippen LogP contribution is -2.29. The third-order valence-corrected chi connectivity index (χ3v) is 3.26. The molecule has 96 valence electrons. The maximum absolute atomic E-state index is 11.8. The zero-order valence-electron chi connectivity index (χ0n) is 10.7. The number of esters is 1. The minimum atomic E-state index is -0.199. The summed E-state index contributed by atoms with van der Waals surface area (Å²) in [7, 11) is 0. The highest BCUT2D eigenvalue weighted by molar-refractivity contribution is 7.09. The summed E-state index contributed by atoms with van der Waals surface area (Å²) in [6.45, 7) is 7.00. The number of thiophene rings is 1. The number of hydrogen-bond acceptors (Lipinski definition) is 4. The van der Waals surface area contributed by atoms with Crippen molar-refractivity contribution in [2.75, 3.05) is 6.54 Å². The molecule has 1 atom stereocenters. The van der Waals surface area contributed by atoms with Crippen molar-refractivity contribution in [3.8, 4) is 0 Å². The average Bonchev–Trinajstić information content (AvgIpc) is 2.74. The molecular formula is C13H21NO2S. The molecule has 0 radical (unpaired) electrons. The Morgan fingerprint density at radius 1 is 1.53 bits per heavy atom. The number of carbonyl (C=O) groups excluding carboxylic acids is 1. The summed E-state index contributed by atoms with van der Waals surface area (Å²) >= 11 is 1.59. The van der Waals surface area contributed by atoms with Gasteiger partial charge in [-0.1, -0.05) is 26.8 Å². The van der Waals surface area contributed by atoms with Crippen molar-refractivity contribution in [1.82, 2.24) is 0 Å². The van der Waals surface area contributed by atoms with Crippen LogP contribution in [0.1, 0.15) is 32.1 Å². The van der Waals surface area contributed by atoms with Crippen LogP contribution in [0.4, 0.5) is 0 Å². The predicted octanol–water partition coefficient (Wildman–Crippen LogP) is 2.80. The molecule has 0 amide bonds. The fourth-order valence-corrected chi connectivity index (χ4v) is 2.27. The molecule has 1 aromatic rings. The zero-order valence-corrected chi connectivity index (χ0v) is 11.5. The first-order chi connectivity index (χ1) is 7.92. The largest absolute Gasteiger partial charge is 0.460 e. The topological polar surface area (TPSA) is 52.3 Å². The van der Waals surface area contributed by atoms with Crippen molar-refractivity contribution in [3.63, 3.8) is 0 Å². The van der Waals surface area contributed by atoms with Gasteiger partial charge in [0.1, 0.15) is 6.61 Å². The Morgan fingerprint density at radius 3 is 2.71 bits per heavy atom. The van der Waals surface area contributed by atoms with Crippen LogP contribution in [0.15, 0.2) is 17.5 Å². The fraction of sp³-hybridized carbons (Fsp3) is 0.615. The monoisotopic (exact) mass is 255 g/mol. The van der Waals surface area contributed by atoms with Crippen LogP contribution in [-0.4, -0.2) is 12.5 Å². The summed E-state index contributed by atoms with van der Waals surface area (Å²) in [6, 6.07) is 3.91. The summed E-state index contributed by atoms with van der Waals surface area (Å²) in [5.74, 6) is -0.384. The third kappa shape index (κ3) is 5.33. The second-order valence-electron chi connectivity index (χ2n) is 5.38. The normalized spacial score (nSPS) is 13.4. The van der Waals surface area contributed by atoms with Crippen molar-refractivity contribution in [1.29, 1.82) is 0 Å². The van der Waals surface area contributed by atoms with Crippen LogP contribution >= 0.6 is 11.3 Å². The molecule has 0 spiro atoms. The molecule has 0 saturated carbocycles. The number of nitrogens with two attached hydrogens (primary N) is 1. The van der Waals surface area contributed by atoms with Gasteiger partial charge in [-0.2, -0.15) is 0 Å². The maximum atomic E-state index is 11.8. The van der Waals surface area contributed by atoms with E-state index in [1.807, 2.05) is 17.5 Å². The lowest BCUT2D eigenvalue weighted by molar-refractivity contribution is -0.150. The van der Waals surface area contributed by atoms with Gasteiger partial charge in [-0.05, 0) is 23.3 Å². The fourth-order valence-electron chi connectivity index (χ4n) is 1.66. The van der Waals surface area contributed by atoms with E-state index >= 15 is 0 Å². The lowest BCUT2D eigenvalue weighted by Gasteiger charge is -2.23. The zero-order chi connectivity index (χ0) is 12.9. The van der Waals surface area contributed by atoms with E-state index < -0.39 is 0 Å². The van der Waals surface area contributed by atoms with Crippen LogP contribution in [0.3, 0.4) is 0 Å². The number of hydrogen-bond donors (Lipinski definition) is 1. The van der Waals surface area contributed by atoms with E-state index in [-0.39, 0.29) is 17.3 Å². The standard InChI is InChI=1S/C13H21NO2S/c1-13(2,3)7-10(8-14)12(15)16-9-11-5-4-6-17-11/h4-6,10H,7-9,14H2,1-3H3. The first-order valence-electron chi connectivity index (χ1n) is 5.81. The lowest BCUT2D eigenvalue weighted by atomic mass is 9.85. The van der Waals surface area contributed by atoms with Crippen molar-refractivity contribution in [3.05, 3.63) is 22.4 Å². The number of carbonyl (C=O) groups is 1. The molecule has 3 nitrogen and oxygen atoms in total. The average molecular weight is 255 g/mol. The van der Waals surface area contributed by atoms with E-state index in [0.717, 1.165) is 11.3 Å². The predicted molar refractivity (Wildman–Crippen MR) is 70.7 cm³/mol. The summed E-state index contributed by atoms with van der Waals surface area (Å²) in [4.78, 5) is 12.9.